The van der Waals surface area contributed by atoms with Crippen molar-refractivity contribution in [2.24, 2.45) is 5.92 Å². The van der Waals surface area contributed by atoms with Crippen LogP contribution in [-0.2, 0) is 20.7 Å². The Balaban J connectivity index is 2.12. The van der Waals surface area contributed by atoms with Crippen LogP contribution in [-0.4, -0.2) is 25.6 Å². The van der Waals surface area contributed by atoms with E-state index >= 15 is 0 Å². The molecule has 0 bridgehead atoms. The van der Waals surface area contributed by atoms with E-state index in [4.69, 9.17) is 9.47 Å². The highest BCUT2D eigenvalue weighted by molar-refractivity contribution is 6.05. The first kappa shape index (κ1) is 17.5. The molecule has 0 radical (unpaired) electrons. The molecule has 2 aromatic carbocycles. The normalized spacial score (nSPS) is 11.4. The fourth-order valence-electron chi connectivity index (χ4n) is 2.28. The Morgan fingerprint density at radius 1 is 1.04 bits per heavy atom. The van der Waals surface area contributed by atoms with E-state index in [1.165, 1.54) is 0 Å². The molecule has 1 N–H and O–H groups in total. The van der Waals surface area contributed by atoms with E-state index in [1.54, 1.807) is 38.3 Å². The molecular weight excluding hydrogens is 306 g/mol. The quantitative estimate of drug-likeness (QED) is 0.627. The maximum atomic E-state index is 12.5. The van der Waals surface area contributed by atoms with Gasteiger partial charge in [-0.2, -0.15) is 0 Å². The van der Waals surface area contributed by atoms with Crippen molar-refractivity contribution in [2.75, 3.05) is 19.0 Å². The maximum absolute atomic E-state index is 12.5. The number of esters is 1. The van der Waals surface area contributed by atoms with Crippen molar-refractivity contribution in [2.45, 2.75) is 13.3 Å². The van der Waals surface area contributed by atoms with E-state index in [9.17, 15) is 9.59 Å². The number of hydrogen-bond donors (Lipinski definition) is 1. The molecule has 5 nitrogen and oxygen atoms in total. The average Bonchev–Trinajstić information content (AvgIpc) is 2.61. The number of ether oxygens (including phenoxy) is 2. The number of amides is 1. The van der Waals surface area contributed by atoms with Gasteiger partial charge in [0.05, 0.1) is 13.7 Å². The SMILES string of the molecule is CCOC(=O)[C@H](Cc1ccccc1)C(=O)Nc1ccc(OC)cc1. The number of nitrogens with one attached hydrogen (secondary N) is 1. The Morgan fingerprint density at radius 2 is 1.71 bits per heavy atom. The van der Waals surface area contributed by atoms with Crippen molar-refractivity contribution in [1.29, 1.82) is 0 Å². The molecule has 0 aliphatic carbocycles. The fourth-order valence-corrected chi connectivity index (χ4v) is 2.28. The van der Waals surface area contributed by atoms with Crippen LogP contribution in [0.15, 0.2) is 54.6 Å². The molecule has 126 valence electrons. The maximum Gasteiger partial charge on any atom is 0.318 e. The minimum Gasteiger partial charge on any atom is -0.497 e. The van der Waals surface area contributed by atoms with Crippen molar-refractivity contribution in [1.82, 2.24) is 0 Å². The highest BCUT2D eigenvalue weighted by Crippen LogP contribution is 2.18. The molecule has 0 aliphatic heterocycles. The highest BCUT2D eigenvalue weighted by Gasteiger charge is 2.28. The average molecular weight is 327 g/mol. The van der Waals surface area contributed by atoms with E-state index in [0.717, 1.165) is 5.56 Å². The molecule has 1 amide bonds. The monoisotopic (exact) mass is 327 g/mol. The third kappa shape index (κ3) is 4.84. The summed E-state index contributed by atoms with van der Waals surface area (Å²) < 4.78 is 10.1. The van der Waals surface area contributed by atoms with Gasteiger partial charge >= 0.3 is 5.97 Å². The van der Waals surface area contributed by atoms with Crippen molar-refractivity contribution in [3.63, 3.8) is 0 Å². The Morgan fingerprint density at radius 3 is 2.29 bits per heavy atom. The zero-order chi connectivity index (χ0) is 17.4. The van der Waals surface area contributed by atoms with Crippen LogP contribution >= 0.6 is 0 Å². The third-order valence-corrected chi connectivity index (χ3v) is 3.53. The lowest BCUT2D eigenvalue weighted by Crippen LogP contribution is -2.33. The highest BCUT2D eigenvalue weighted by atomic mass is 16.5. The smallest absolute Gasteiger partial charge is 0.318 e. The molecule has 0 heterocycles. The zero-order valence-electron chi connectivity index (χ0n) is 13.8. The Labute approximate surface area is 141 Å². The third-order valence-electron chi connectivity index (χ3n) is 3.53. The summed E-state index contributed by atoms with van der Waals surface area (Å²) in [5, 5.41) is 2.76. The van der Waals surface area contributed by atoms with Gasteiger partial charge in [0.1, 0.15) is 11.7 Å². The minimum absolute atomic E-state index is 0.236. The summed E-state index contributed by atoms with van der Waals surface area (Å²) in [6, 6.07) is 16.3. The number of hydrogen-bond acceptors (Lipinski definition) is 4. The predicted octanol–water partition coefficient (Wildman–Crippen LogP) is 3.06. The largest absolute Gasteiger partial charge is 0.497 e. The lowest BCUT2D eigenvalue weighted by molar-refractivity contribution is -0.150. The summed E-state index contributed by atoms with van der Waals surface area (Å²) in [4.78, 5) is 24.7. The molecule has 0 aromatic heterocycles. The fraction of sp³-hybridized carbons (Fsp3) is 0.263. The van der Waals surface area contributed by atoms with Crippen LogP contribution in [0.25, 0.3) is 0 Å². The van der Waals surface area contributed by atoms with Crippen LogP contribution < -0.4 is 10.1 Å². The molecule has 2 aromatic rings. The standard InChI is InChI=1S/C19H21NO4/c1-3-24-19(22)17(13-14-7-5-4-6-8-14)18(21)20-15-9-11-16(23-2)12-10-15/h4-12,17H,3,13H2,1-2H3,(H,20,21)/t17-/m1/s1. The van der Waals surface area contributed by atoms with Crippen LogP contribution in [0.4, 0.5) is 5.69 Å². The van der Waals surface area contributed by atoms with Gasteiger partial charge < -0.3 is 14.8 Å². The minimum atomic E-state index is -0.894. The van der Waals surface area contributed by atoms with Gasteiger partial charge in [-0.15, -0.1) is 0 Å². The lowest BCUT2D eigenvalue weighted by Gasteiger charge is -2.16. The van der Waals surface area contributed by atoms with Crippen molar-refractivity contribution >= 4 is 17.6 Å². The number of methoxy groups -OCH3 is 1. The van der Waals surface area contributed by atoms with E-state index < -0.39 is 11.9 Å². The summed E-state index contributed by atoms with van der Waals surface area (Å²) in [5.41, 5.74) is 1.50. The second-order valence-electron chi connectivity index (χ2n) is 5.21. The molecule has 5 heteroatoms. The first-order valence-electron chi connectivity index (χ1n) is 7.79. The molecule has 0 fully saturated rings. The Bertz CT molecular complexity index is 668. The first-order chi connectivity index (χ1) is 11.6. The summed E-state index contributed by atoms with van der Waals surface area (Å²) in [5.74, 6) is -1.11. The van der Waals surface area contributed by atoms with E-state index in [-0.39, 0.29) is 12.5 Å². The first-order valence-corrected chi connectivity index (χ1v) is 7.79. The molecule has 24 heavy (non-hydrogen) atoms. The summed E-state index contributed by atoms with van der Waals surface area (Å²) in [6.07, 6.45) is 0.293. The van der Waals surface area contributed by atoms with Gasteiger partial charge in [-0.3, -0.25) is 9.59 Å². The molecule has 0 spiro atoms. The number of anilines is 1. The van der Waals surface area contributed by atoms with Gasteiger partial charge in [0, 0.05) is 5.69 Å². The Kier molecular flexibility index (Phi) is 6.37. The van der Waals surface area contributed by atoms with Crippen LogP contribution in [0.1, 0.15) is 12.5 Å². The van der Waals surface area contributed by atoms with Crippen LogP contribution in [0.2, 0.25) is 0 Å². The van der Waals surface area contributed by atoms with Gasteiger partial charge in [0.15, 0.2) is 0 Å². The van der Waals surface area contributed by atoms with Crippen LogP contribution in [0.3, 0.4) is 0 Å². The predicted molar refractivity (Wildman–Crippen MR) is 91.9 cm³/mol. The molecule has 0 saturated carbocycles. The van der Waals surface area contributed by atoms with Crippen molar-refractivity contribution < 1.29 is 19.1 Å². The van der Waals surface area contributed by atoms with Crippen molar-refractivity contribution in [3.05, 3.63) is 60.2 Å². The summed E-state index contributed by atoms with van der Waals surface area (Å²) in [6.45, 7) is 1.96. The van der Waals surface area contributed by atoms with Crippen LogP contribution in [0, 0.1) is 5.92 Å². The zero-order valence-corrected chi connectivity index (χ0v) is 13.8. The topological polar surface area (TPSA) is 64.6 Å². The Hall–Kier alpha value is -2.82. The second kappa shape index (κ2) is 8.72. The van der Waals surface area contributed by atoms with Gasteiger partial charge in [0.2, 0.25) is 5.91 Å². The van der Waals surface area contributed by atoms with Gasteiger partial charge in [-0.05, 0) is 43.2 Å². The molecule has 0 saturated heterocycles. The number of rotatable bonds is 7. The second-order valence-corrected chi connectivity index (χ2v) is 5.21. The summed E-state index contributed by atoms with van der Waals surface area (Å²) in [7, 11) is 1.57. The van der Waals surface area contributed by atoms with E-state index in [1.807, 2.05) is 30.3 Å². The molecular formula is C19H21NO4. The van der Waals surface area contributed by atoms with Gasteiger partial charge in [-0.1, -0.05) is 30.3 Å². The van der Waals surface area contributed by atoms with Gasteiger partial charge in [0.25, 0.3) is 0 Å². The van der Waals surface area contributed by atoms with Crippen LogP contribution in [0.5, 0.6) is 5.75 Å². The summed E-state index contributed by atoms with van der Waals surface area (Å²) >= 11 is 0. The molecule has 0 aliphatic rings. The number of benzene rings is 2. The van der Waals surface area contributed by atoms with Gasteiger partial charge in [-0.25, -0.2) is 0 Å². The molecule has 0 unspecified atom stereocenters. The number of carbonyl (C=O) groups is 2. The van der Waals surface area contributed by atoms with E-state index in [0.29, 0.717) is 17.9 Å². The lowest BCUT2D eigenvalue weighted by atomic mass is 9.98. The number of carbonyl (C=O) groups excluding carboxylic acids is 2. The van der Waals surface area contributed by atoms with Crippen molar-refractivity contribution in [3.8, 4) is 5.75 Å². The molecule has 2 rings (SSSR count). The van der Waals surface area contributed by atoms with E-state index in [2.05, 4.69) is 5.32 Å². The molecule has 1 atom stereocenters.